The number of rotatable bonds is 4. The predicted octanol–water partition coefficient (Wildman–Crippen LogP) is -0.431. The van der Waals surface area contributed by atoms with Crippen LogP contribution >= 0.6 is 0 Å². The van der Waals surface area contributed by atoms with Crippen molar-refractivity contribution in [1.82, 2.24) is 15.1 Å². The molecule has 1 fully saturated rings. The summed E-state index contributed by atoms with van der Waals surface area (Å²) < 4.78 is 0. The molecule has 0 aromatic heterocycles. The SMILES string of the molecule is CN(CC1(N(C)C)CCC1)C(=O)C(=O)NCC#N. The van der Waals surface area contributed by atoms with E-state index >= 15 is 0 Å². The van der Waals surface area contributed by atoms with Crippen LogP contribution in [-0.2, 0) is 9.59 Å². The molecule has 1 aliphatic carbocycles. The quantitative estimate of drug-likeness (QED) is 0.544. The van der Waals surface area contributed by atoms with Crippen LogP contribution in [-0.4, -0.2) is 61.4 Å². The fourth-order valence-electron chi connectivity index (χ4n) is 2.21. The Morgan fingerprint density at radius 3 is 2.33 bits per heavy atom. The number of nitriles is 1. The molecule has 18 heavy (non-hydrogen) atoms. The summed E-state index contributed by atoms with van der Waals surface area (Å²) in [5, 5.41) is 10.6. The first-order chi connectivity index (χ1) is 8.43. The lowest BCUT2D eigenvalue weighted by molar-refractivity contribution is -0.146. The normalized spacial score (nSPS) is 16.6. The van der Waals surface area contributed by atoms with Crippen LogP contribution in [0.1, 0.15) is 19.3 Å². The van der Waals surface area contributed by atoms with Crippen LogP contribution < -0.4 is 5.32 Å². The molecule has 100 valence electrons. The third kappa shape index (κ3) is 2.99. The number of hydrogen-bond acceptors (Lipinski definition) is 4. The minimum Gasteiger partial charge on any atom is -0.336 e. The van der Waals surface area contributed by atoms with Crippen LogP contribution in [0.4, 0.5) is 0 Å². The van der Waals surface area contributed by atoms with E-state index in [0.29, 0.717) is 6.54 Å². The zero-order valence-electron chi connectivity index (χ0n) is 11.2. The summed E-state index contributed by atoms with van der Waals surface area (Å²) >= 11 is 0. The summed E-state index contributed by atoms with van der Waals surface area (Å²) in [6, 6.07) is 1.77. The summed E-state index contributed by atoms with van der Waals surface area (Å²) in [6.45, 7) is 0.399. The molecule has 0 atom stereocenters. The van der Waals surface area contributed by atoms with E-state index in [0.717, 1.165) is 19.3 Å². The molecular formula is C12H20N4O2. The van der Waals surface area contributed by atoms with Gasteiger partial charge >= 0.3 is 11.8 Å². The van der Waals surface area contributed by atoms with E-state index in [2.05, 4.69) is 10.2 Å². The smallest absolute Gasteiger partial charge is 0.311 e. The first kappa shape index (κ1) is 14.5. The standard InChI is InChI=1S/C12H20N4O2/c1-15(2)12(5-4-6-12)9-16(3)11(18)10(17)14-8-7-13/h4-6,8-9H2,1-3H3,(H,14,17). The van der Waals surface area contributed by atoms with Crippen molar-refractivity contribution in [3.63, 3.8) is 0 Å². The molecule has 0 aromatic rings. The third-order valence-electron chi connectivity index (χ3n) is 3.63. The second-order valence-corrected chi connectivity index (χ2v) is 4.97. The van der Waals surface area contributed by atoms with E-state index in [1.165, 1.54) is 4.90 Å². The Hall–Kier alpha value is -1.61. The molecule has 0 bridgehead atoms. The topological polar surface area (TPSA) is 76.4 Å². The van der Waals surface area contributed by atoms with E-state index < -0.39 is 11.8 Å². The summed E-state index contributed by atoms with van der Waals surface area (Å²) in [5.41, 5.74) is -0.0000808. The molecule has 1 rings (SSSR count). The van der Waals surface area contributed by atoms with E-state index in [1.807, 2.05) is 14.1 Å². The van der Waals surface area contributed by atoms with Crippen LogP contribution in [0.3, 0.4) is 0 Å². The first-order valence-electron chi connectivity index (χ1n) is 6.00. The van der Waals surface area contributed by atoms with Crippen molar-refractivity contribution in [2.24, 2.45) is 0 Å². The van der Waals surface area contributed by atoms with Crippen LogP contribution in [0.25, 0.3) is 0 Å². The van der Waals surface area contributed by atoms with Crippen LogP contribution in [0.15, 0.2) is 0 Å². The average Bonchev–Trinajstić information content (AvgIpc) is 2.28. The molecule has 0 aromatic carbocycles. The van der Waals surface area contributed by atoms with Crippen LogP contribution in [0.2, 0.25) is 0 Å². The van der Waals surface area contributed by atoms with E-state index in [9.17, 15) is 9.59 Å². The summed E-state index contributed by atoms with van der Waals surface area (Å²) in [7, 11) is 5.61. The lowest BCUT2D eigenvalue weighted by Gasteiger charge is -2.49. The second kappa shape index (κ2) is 5.83. The molecule has 2 amide bonds. The number of nitrogens with one attached hydrogen (secondary N) is 1. The van der Waals surface area contributed by atoms with Gasteiger partial charge < -0.3 is 15.1 Å². The highest BCUT2D eigenvalue weighted by atomic mass is 16.2. The average molecular weight is 252 g/mol. The Bertz CT molecular complexity index is 369. The largest absolute Gasteiger partial charge is 0.336 e. The molecule has 0 unspecified atom stereocenters. The zero-order chi connectivity index (χ0) is 13.8. The predicted molar refractivity (Wildman–Crippen MR) is 66.5 cm³/mol. The molecular weight excluding hydrogens is 232 g/mol. The minimum absolute atomic E-state index is 0.0000808. The summed E-state index contributed by atoms with van der Waals surface area (Å²) in [4.78, 5) is 26.8. The number of nitrogens with zero attached hydrogens (tertiary/aromatic N) is 3. The Balaban J connectivity index is 2.54. The summed E-state index contributed by atoms with van der Waals surface area (Å²) in [5.74, 6) is -1.30. The molecule has 1 saturated carbocycles. The van der Waals surface area contributed by atoms with Gasteiger partial charge in [0.2, 0.25) is 0 Å². The highest BCUT2D eigenvalue weighted by Crippen LogP contribution is 2.36. The Labute approximate surface area is 108 Å². The number of carbonyl (C=O) groups excluding carboxylic acids is 2. The van der Waals surface area contributed by atoms with E-state index in [-0.39, 0.29) is 12.1 Å². The lowest BCUT2D eigenvalue weighted by Crippen LogP contribution is -2.58. The maximum absolute atomic E-state index is 11.8. The van der Waals surface area contributed by atoms with Gasteiger partial charge in [-0.2, -0.15) is 5.26 Å². The van der Waals surface area contributed by atoms with Gasteiger partial charge in [-0.3, -0.25) is 9.59 Å². The second-order valence-electron chi connectivity index (χ2n) is 4.97. The Morgan fingerprint density at radius 1 is 1.33 bits per heavy atom. The van der Waals surface area contributed by atoms with Crippen LogP contribution in [0, 0.1) is 11.3 Å². The number of likely N-dealkylation sites (N-methyl/N-ethyl adjacent to an activating group) is 2. The fraction of sp³-hybridized carbons (Fsp3) is 0.750. The highest BCUT2D eigenvalue weighted by Gasteiger charge is 2.41. The van der Waals surface area contributed by atoms with Gasteiger partial charge in [-0.15, -0.1) is 0 Å². The highest BCUT2D eigenvalue weighted by molar-refractivity contribution is 6.34. The minimum atomic E-state index is -0.715. The van der Waals surface area contributed by atoms with E-state index in [4.69, 9.17) is 5.26 Å². The van der Waals surface area contributed by atoms with Crippen molar-refractivity contribution in [2.75, 3.05) is 34.2 Å². The van der Waals surface area contributed by atoms with Crippen molar-refractivity contribution in [2.45, 2.75) is 24.8 Å². The van der Waals surface area contributed by atoms with Gasteiger partial charge in [-0.25, -0.2) is 0 Å². The van der Waals surface area contributed by atoms with Gasteiger partial charge in [0.15, 0.2) is 0 Å². The van der Waals surface area contributed by atoms with Crippen molar-refractivity contribution >= 4 is 11.8 Å². The Kier molecular flexibility index (Phi) is 4.68. The molecule has 0 spiro atoms. The lowest BCUT2D eigenvalue weighted by atomic mass is 9.75. The molecule has 1 aliphatic rings. The van der Waals surface area contributed by atoms with Crippen molar-refractivity contribution in [1.29, 1.82) is 5.26 Å². The Morgan fingerprint density at radius 2 is 1.94 bits per heavy atom. The number of carbonyl (C=O) groups is 2. The summed E-state index contributed by atoms with van der Waals surface area (Å²) in [6.07, 6.45) is 3.23. The van der Waals surface area contributed by atoms with Gasteiger partial charge in [0.25, 0.3) is 0 Å². The zero-order valence-corrected chi connectivity index (χ0v) is 11.2. The van der Waals surface area contributed by atoms with E-state index in [1.54, 1.807) is 13.1 Å². The van der Waals surface area contributed by atoms with Crippen LogP contribution in [0.5, 0.6) is 0 Å². The van der Waals surface area contributed by atoms with Crippen molar-refractivity contribution < 1.29 is 9.59 Å². The molecule has 6 nitrogen and oxygen atoms in total. The monoisotopic (exact) mass is 252 g/mol. The molecule has 1 N–H and O–H groups in total. The molecule has 6 heteroatoms. The third-order valence-corrected chi connectivity index (χ3v) is 3.63. The molecule has 0 saturated heterocycles. The molecule has 0 heterocycles. The van der Waals surface area contributed by atoms with Gasteiger partial charge in [-0.05, 0) is 33.4 Å². The van der Waals surface area contributed by atoms with Gasteiger partial charge in [-0.1, -0.05) is 0 Å². The van der Waals surface area contributed by atoms with Crippen molar-refractivity contribution in [3.05, 3.63) is 0 Å². The van der Waals surface area contributed by atoms with Crippen molar-refractivity contribution in [3.8, 4) is 6.07 Å². The first-order valence-corrected chi connectivity index (χ1v) is 6.00. The number of hydrogen-bond donors (Lipinski definition) is 1. The molecule has 0 radical (unpaired) electrons. The number of amides is 2. The van der Waals surface area contributed by atoms with Gasteiger partial charge in [0, 0.05) is 19.1 Å². The van der Waals surface area contributed by atoms with Gasteiger partial charge in [0.1, 0.15) is 6.54 Å². The maximum atomic E-state index is 11.8. The maximum Gasteiger partial charge on any atom is 0.311 e. The molecule has 0 aliphatic heterocycles. The fourth-order valence-corrected chi connectivity index (χ4v) is 2.21. The van der Waals surface area contributed by atoms with Gasteiger partial charge in [0.05, 0.1) is 6.07 Å².